The Balaban J connectivity index is 1.41. The molecule has 1 aliphatic heterocycles. The van der Waals surface area contributed by atoms with Crippen LogP contribution < -0.4 is 15.2 Å². The van der Waals surface area contributed by atoms with Crippen LogP contribution in [0.2, 0.25) is 0 Å². The third kappa shape index (κ3) is 2.93. The number of urea groups is 1. The minimum absolute atomic E-state index is 0.137. The summed E-state index contributed by atoms with van der Waals surface area (Å²) in [5.41, 5.74) is 5.91. The number of rotatable bonds is 4. The number of nitrogens with one attached hydrogen (secondary N) is 1. The molecule has 5 rings (SSSR count). The van der Waals surface area contributed by atoms with Gasteiger partial charge in [0.05, 0.1) is 12.7 Å². The quantitative estimate of drug-likeness (QED) is 0.628. The molecule has 10 heteroatoms. The fourth-order valence-electron chi connectivity index (χ4n) is 4.50. The predicted molar refractivity (Wildman–Crippen MR) is 113 cm³/mol. The highest BCUT2D eigenvalue weighted by Gasteiger charge is 2.34. The van der Waals surface area contributed by atoms with Crippen LogP contribution in [0.25, 0.3) is 0 Å². The number of fused-ring (bicyclic) bond motifs is 3. The second kappa shape index (κ2) is 7.07. The highest BCUT2D eigenvalue weighted by Crippen LogP contribution is 2.40. The molecular weight excluding hydrogens is 406 g/mol. The highest BCUT2D eigenvalue weighted by atomic mass is 32.3. The van der Waals surface area contributed by atoms with Crippen LogP contribution in [0.3, 0.4) is 0 Å². The summed E-state index contributed by atoms with van der Waals surface area (Å²) >= 11 is 0. The van der Waals surface area contributed by atoms with Crippen LogP contribution in [0.5, 0.6) is 5.88 Å². The Morgan fingerprint density at radius 2 is 2.10 bits per heavy atom. The molecule has 2 aromatic rings. The topological polar surface area (TPSA) is 112 Å². The molecule has 1 aromatic heterocycles. The van der Waals surface area contributed by atoms with Gasteiger partial charge < -0.3 is 14.8 Å². The summed E-state index contributed by atoms with van der Waals surface area (Å²) in [5, 5.41) is 13.5. The van der Waals surface area contributed by atoms with E-state index < -0.39 is 16.3 Å². The number of methoxy groups -OCH3 is 1. The number of anilines is 1. The summed E-state index contributed by atoms with van der Waals surface area (Å²) in [6.07, 6.45) is 6.36. The van der Waals surface area contributed by atoms with Crippen molar-refractivity contribution >= 4 is 22.0 Å². The third-order valence-corrected chi connectivity index (χ3v) is 8.52. The van der Waals surface area contributed by atoms with E-state index in [1.54, 1.807) is 11.8 Å². The molecule has 2 amide bonds. The Morgan fingerprint density at radius 3 is 2.83 bits per heavy atom. The molecule has 1 aromatic carbocycles. The first-order chi connectivity index (χ1) is 14.4. The summed E-state index contributed by atoms with van der Waals surface area (Å²) in [7, 11) is -0.670. The van der Waals surface area contributed by atoms with Crippen molar-refractivity contribution in [2.45, 2.75) is 49.6 Å². The van der Waals surface area contributed by atoms with Crippen molar-refractivity contribution < 1.29 is 18.5 Å². The molecule has 9 nitrogen and oxygen atoms in total. The summed E-state index contributed by atoms with van der Waals surface area (Å²) in [5.74, 6) is 0.332. The van der Waals surface area contributed by atoms with Crippen molar-refractivity contribution in [3.8, 4) is 5.88 Å². The first kappa shape index (κ1) is 19.5. The number of nitrogens with two attached hydrogens (primary N) is 1. The summed E-state index contributed by atoms with van der Waals surface area (Å²) < 4.78 is 27.2. The van der Waals surface area contributed by atoms with Gasteiger partial charge in [0, 0.05) is 30.1 Å². The molecule has 3 N–H and O–H groups in total. The molecule has 0 bridgehead atoms. The minimum Gasteiger partial charge on any atom is -0.474 e. The lowest BCUT2D eigenvalue weighted by Gasteiger charge is -2.32. The molecule has 0 radical (unpaired) electrons. The van der Waals surface area contributed by atoms with Crippen LogP contribution in [-0.2, 0) is 47.3 Å². The Bertz CT molecular complexity index is 1080. The molecule has 162 valence electrons. The van der Waals surface area contributed by atoms with Gasteiger partial charge in [0.1, 0.15) is 17.6 Å². The van der Waals surface area contributed by atoms with Crippen molar-refractivity contribution in [2.24, 2.45) is 5.14 Å². The van der Waals surface area contributed by atoms with Crippen molar-refractivity contribution in [1.29, 1.82) is 0 Å². The number of thiol groups is 1. The number of ether oxygens (including phenoxy) is 2. The largest absolute Gasteiger partial charge is 0.474 e. The Labute approximate surface area is 176 Å². The number of aromatic nitrogens is 2. The lowest BCUT2D eigenvalue weighted by molar-refractivity contribution is 0.0165. The van der Waals surface area contributed by atoms with E-state index in [2.05, 4.69) is 16.5 Å². The molecule has 2 aliphatic carbocycles. The monoisotopic (exact) mass is 433 g/mol. The maximum atomic E-state index is 13.5. The number of hydrogen-bond acceptors (Lipinski definition) is 5. The lowest BCUT2D eigenvalue weighted by atomic mass is 9.83. The van der Waals surface area contributed by atoms with Gasteiger partial charge in [-0.05, 0) is 54.4 Å². The van der Waals surface area contributed by atoms with E-state index in [4.69, 9.17) is 14.6 Å². The highest BCUT2D eigenvalue weighted by molar-refractivity contribution is 7.99. The first-order valence-corrected chi connectivity index (χ1v) is 11.9. The van der Waals surface area contributed by atoms with Gasteiger partial charge in [-0.3, -0.25) is 9.44 Å². The second-order valence-corrected chi connectivity index (χ2v) is 10.5. The maximum absolute atomic E-state index is 13.5. The number of nitrogens with zero attached hydrogens (tertiary/aromatic N) is 3. The average Bonchev–Trinajstić information content (AvgIpc) is 3.35. The summed E-state index contributed by atoms with van der Waals surface area (Å²) in [4.78, 5) is 13.3. The van der Waals surface area contributed by atoms with Crippen LogP contribution in [0.1, 0.15) is 28.7 Å². The van der Waals surface area contributed by atoms with Crippen molar-refractivity contribution in [1.82, 2.24) is 14.1 Å². The zero-order chi connectivity index (χ0) is 21.0. The number of carbonyl (C=O) groups is 1. The van der Waals surface area contributed by atoms with E-state index in [-0.39, 0.29) is 11.0 Å². The molecule has 0 unspecified atom stereocenters. The number of benzene rings is 1. The number of hydrogen-bond donors (Lipinski definition) is 3. The Morgan fingerprint density at radius 1 is 1.33 bits per heavy atom. The molecule has 1 atom stereocenters. The van der Waals surface area contributed by atoms with E-state index >= 15 is 0 Å². The SMILES string of the molecule is CO[C@H]1COc2c([SH](N)(=O)N(C)C(=O)Nc3c4c(cc5c3CC5)CCC4)cnn2C1. The van der Waals surface area contributed by atoms with Crippen LogP contribution in [0.4, 0.5) is 10.5 Å². The van der Waals surface area contributed by atoms with E-state index in [9.17, 15) is 9.00 Å². The van der Waals surface area contributed by atoms with E-state index in [0.29, 0.717) is 19.0 Å². The first-order valence-electron chi connectivity index (χ1n) is 10.2. The van der Waals surface area contributed by atoms with Gasteiger partial charge in [0.15, 0.2) is 0 Å². The van der Waals surface area contributed by atoms with Gasteiger partial charge in [-0.25, -0.2) is 13.7 Å². The van der Waals surface area contributed by atoms with Crippen molar-refractivity contribution in [3.63, 3.8) is 0 Å². The third-order valence-electron chi connectivity index (χ3n) is 6.45. The van der Waals surface area contributed by atoms with E-state index in [0.717, 1.165) is 42.1 Å². The zero-order valence-electron chi connectivity index (χ0n) is 17.2. The molecule has 0 spiro atoms. The summed E-state index contributed by atoms with van der Waals surface area (Å²) in [6.45, 7) is 0.789. The standard InChI is InChI=1S/C20H27N5O4S/c1-24(30(21,27)17-9-22-25-10-14(28-2)11-29-19(17)25)20(26)23-18-15-5-3-4-12(15)8-13-6-7-16(13)18/h8-9,14,30H,3-7,10-11H2,1-2H3,(H2,21,27)(H,23,26)/t14-/m1/s1. The number of aryl methyl sites for hydroxylation is 2. The normalized spacial score (nSPS) is 19.8. The summed E-state index contributed by atoms with van der Waals surface area (Å²) in [6, 6.07) is 1.79. The van der Waals surface area contributed by atoms with Crippen molar-refractivity contribution in [2.75, 3.05) is 26.1 Å². The van der Waals surface area contributed by atoms with Gasteiger partial charge in [-0.1, -0.05) is 6.07 Å². The second-order valence-electron chi connectivity index (χ2n) is 8.14. The fraction of sp³-hybridized carbons (Fsp3) is 0.500. The molecule has 0 fully saturated rings. The van der Waals surface area contributed by atoms with Crippen LogP contribution in [0, 0.1) is 0 Å². The van der Waals surface area contributed by atoms with Crippen molar-refractivity contribution in [3.05, 3.63) is 34.5 Å². The van der Waals surface area contributed by atoms with Crippen LogP contribution in [-0.4, -0.2) is 51.2 Å². The molecule has 30 heavy (non-hydrogen) atoms. The van der Waals surface area contributed by atoms with Gasteiger partial charge in [0.2, 0.25) is 5.88 Å². The molecule has 0 saturated heterocycles. The maximum Gasteiger partial charge on any atom is 0.333 e. The van der Waals surface area contributed by atoms with Gasteiger partial charge in [-0.2, -0.15) is 5.10 Å². The fourth-order valence-corrected chi connectivity index (χ4v) is 5.82. The smallest absolute Gasteiger partial charge is 0.333 e. The molecule has 3 aliphatic rings. The zero-order valence-corrected chi connectivity index (χ0v) is 18.1. The van der Waals surface area contributed by atoms with Crippen LogP contribution >= 0.6 is 0 Å². The van der Waals surface area contributed by atoms with E-state index in [1.807, 2.05) is 0 Å². The van der Waals surface area contributed by atoms with Gasteiger partial charge >= 0.3 is 6.03 Å². The minimum atomic E-state index is -3.73. The average molecular weight is 434 g/mol. The van der Waals surface area contributed by atoms with Crippen LogP contribution in [0.15, 0.2) is 17.2 Å². The van der Waals surface area contributed by atoms with Gasteiger partial charge in [0.25, 0.3) is 0 Å². The predicted octanol–water partition coefficient (Wildman–Crippen LogP) is 1.21. The Kier molecular flexibility index (Phi) is 4.60. The lowest BCUT2D eigenvalue weighted by Crippen LogP contribution is -2.47. The van der Waals surface area contributed by atoms with E-state index in [1.165, 1.54) is 35.5 Å². The molecular formula is C20H27N5O4S. The van der Waals surface area contributed by atoms with Gasteiger partial charge in [-0.15, -0.1) is 0 Å². The molecule has 2 heterocycles. The Hall–Kier alpha value is -2.43. The number of carbonyl (C=O) groups excluding carboxylic acids is 1. The molecule has 0 saturated carbocycles. The number of amides is 2.